The molecule has 0 unspecified atom stereocenters. The fraction of sp³-hybridized carbons (Fsp3) is 0.500. The van der Waals surface area contributed by atoms with E-state index in [1.165, 1.54) is 6.20 Å². The first kappa shape index (κ1) is 11.4. The number of nitrogens with zero attached hydrogens (tertiary/aromatic N) is 3. The van der Waals surface area contributed by atoms with Crippen molar-refractivity contribution < 1.29 is 0 Å². The Kier molecular flexibility index (Phi) is 3.47. The molecule has 0 radical (unpaired) electrons. The highest BCUT2D eigenvalue weighted by molar-refractivity contribution is 6.33. The van der Waals surface area contributed by atoms with Crippen molar-refractivity contribution in [1.82, 2.24) is 9.97 Å². The highest BCUT2D eigenvalue weighted by Crippen LogP contribution is 2.29. The van der Waals surface area contributed by atoms with Crippen molar-refractivity contribution >= 4 is 29.0 Å². The Bertz CT molecular complexity index is 429. The van der Waals surface area contributed by atoms with Crippen LogP contribution in [0.15, 0.2) is 6.20 Å². The van der Waals surface area contributed by atoms with E-state index in [0.717, 1.165) is 19.3 Å². The lowest BCUT2D eigenvalue weighted by molar-refractivity contribution is 0.627. The second kappa shape index (κ2) is 4.86. The predicted molar refractivity (Wildman–Crippen MR) is 62.4 cm³/mol. The Hall–Kier alpha value is -1.05. The van der Waals surface area contributed by atoms with Gasteiger partial charge in [0.15, 0.2) is 0 Å². The van der Waals surface area contributed by atoms with E-state index >= 15 is 0 Å². The van der Waals surface area contributed by atoms with E-state index in [-0.39, 0.29) is 17.2 Å². The first-order valence-electron chi connectivity index (χ1n) is 5.05. The fourth-order valence-corrected chi connectivity index (χ4v) is 2.19. The fourth-order valence-electron chi connectivity index (χ4n) is 1.91. The van der Waals surface area contributed by atoms with Crippen LogP contribution >= 0.6 is 23.2 Å². The molecule has 0 saturated heterocycles. The molecule has 6 heteroatoms. The third-order valence-corrected chi connectivity index (χ3v) is 3.18. The standard InChI is InChI=1S/C10H10Cl2N4/c11-7-5-14-10(12)16-9(7)15-8-3-1-2-6(8)4-13/h5-6,8H,1-3H2,(H,14,15,16)/t6-,8+/m0/s1. The SMILES string of the molecule is N#C[C@@H]1CCC[C@H]1Nc1nc(Cl)ncc1Cl. The van der Waals surface area contributed by atoms with Crippen LogP contribution in [0.25, 0.3) is 0 Å². The lowest BCUT2D eigenvalue weighted by Gasteiger charge is -2.16. The maximum Gasteiger partial charge on any atom is 0.224 e. The van der Waals surface area contributed by atoms with Crippen LogP contribution in [0.3, 0.4) is 0 Å². The van der Waals surface area contributed by atoms with Gasteiger partial charge in [-0.1, -0.05) is 11.6 Å². The van der Waals surface area contributed by atoms with Crippen LogP contribution in [0.5, 0.6) is 0 Å². The molecule has 1 heterocycles. The zero-order valence-corrected chi connectivity index (χ0v) is 9.96. The molecule has 0 aromatic carbocycles. The summed E-state index contributed by atoms with van der Waals surface area (Å²) in [6, 6.07) is 2.39. The summed E-state index contributed by atoms with van der Waals surface area (Å²) in [6.07, 6.45) is 4.38. The first-order chi connectivity index (χ1) is 7.70. The Morgan fingerprint density at radius 2 is 2.25 bits per heavy atom. The molecular weight excluding hydrogens is 247 g/mol. The van der Waals surface area contributed by atoms with Gasteiger partial charge in [-0.15, -0.1) is 0 Å². The number of hydrogen-bond acceptors (Lipinski definition) is 4. The van der Waals surface area contributed by atoms with Crippen molar-refractivity contribution in [1.29, 1.82) is 5.26 Å². The van der Waals surface area contributed by atoms with Gasteiger partial charge >= 0.3 is 0 Å². The molecule has 0 aliphatic heterocycles. The van der Waals surface area contributed by atoms with Crippen LogP contribution in [0.4, 0.5) is 5.82 Å². The number of nitriles is 1. The summed E-state index contributed by atoms with van der Waals surface area (Å²) in [5.74, 6) is 0.527. The number of halogens is 2. The minimum Gasteiger partial charge on any atom is -0.365 e. The molecule has 1 aromatic rings. The molecule has 4 nitrogen and oxygen atoms in total. The van der Waals surface area contributed by atoms with Gasteiger partial charge in [0, 0.05) is 6.04 Å². The molecule has 1 fully saturated rings. The van der Waals surface area contributed by atoms with Crippen molar-refractivity contribution in [2.45, 2.75) is 25.3 Å². The van der Waals surface area contributed by atoms with E-state index in [9.17, 15) is 0 Å². The monoisotopic (exact) mass is 256 g/mol. The molecule has 84 valence electrons. The van der Waals surface area contributed by atoms with Crippen LogP contribution in [0.1, 0.15) is 19.3 Å². The third kappa shape index (κ3) is 2.37. The number of hydrogen-bond donors (Lipinski definition) is 1. The summed E-state index contributed by atoms with van der Waals surface area (Å²) in [5, 5.41) is 12.7. The second-order valence-corrected chi connectivity index (χ2v) is 4.50. The summed E-state index contributed by atoms with van der Waals surface area (Å²) in [5.41, 5.74) is 0. The minimum absolute atomic E-state index is 0.0183. The van der Waals surface area contributed by atoms with Gasteiger partial charge in [-0.2, -0.15) is 10.2 Å². The van der Waals surface area contributed by atoms with Gasteiger partial charge in [-0.3, -0.25) is 0 Å². The summed E-state index contributed by atoms with van der Waals surface area (Å²) in [7, 11) is 0. The van der Waals surface area contributed by atoms with Crippen molar-refractivity contribution in [2.75, 3.05) is 5.32 Å². The number of nitrogens with one attached hydrogen (secondary N) is 1. The molecule has 1 saturated carbocycles. The highest BCUT2D eigenvalue weighted by Gasteiger charge is 2.27. The maximum absolute atomic E-state index is 8.96. The Morgan fingerprint density at radius 3 is 3.00 bits per heavy atom. The van der Waals surface area contributed by atoms with Crippen LogP contribution in [-0.2, 0) is 0 Å². The smallest absolute Gasteiger partial charge is 0.224 e. The van der Waals surface area contributed by atoms with Gasteiger partial charge in [0.05, 0.1) is 18.2 Å². The van der Waals surface area contributed by atoms with Crippen LogP contribution < -0.4 is 5.32 Å². The predicted octanol–water partition coefficient (Wildman–Crippen LogP) is 2.89. The zero-order valence-electron chi connectivity index (χ0n) is 8.45. The molecular formula is C10H10Cl2N4. The van der Waals surface area contributed by atoms with E-state index in [1.807, 2.05) is 0 Å². The van der Waals surface area contributed by atoms with Crippen LogP contribution in [0, 0.1) is 17.2 Å². The van der Waals surface area contributed by atoms with Crippen molar-refractivity contribution in [3.63, 3.8) is 0 Å². The highest BCUT2D eigenvalue weighted by atomic mass is 35.5. The molecule has 0 bridgehead atoms. The van der Waals surface area contributed by atoms with Crippen molar-refractivity contribution in [2.24, 2.45) is 5.92 Å². The number of aromatic nitrogens is 2. The lowest BCUT2D eigenvalue weighted by Crippen LogP contribution is -2.23. The summed E-state index contributed by atoms with van der Waals surface area (Å²) >= 11 is 11.6. The number of anilines is 1. The van der Waals surface area contributed by atoms with Gasteiger partial charge in [0.25, 0.3) is 0 Å². The molecule has 2 atom stereocenters. The topological polar surface area (TPSA) is 61.6 Å². The van der Waals surface area contributed by atoms with E-state index in [0.29, 0.717) is 10.8 Å². The van der Waals surface area contributed by atoms with Gasteiger partial charge in [-0.25, -0.2) is 4.98 Å². The normalized spacial score (nSPS) is 24.1. The Balaban J connectivity index is 2.14. The second-order valence-electron chi connectivity index (χ2n) is 3.75. The molecule has 1 aromatic heterocycles. The van der Waals surface area contributed by atoms with Gasteiger partial charge in [-0.05, 0) is 30.9 Å². The molecule has 1 aliphatic rings. The van der Waals surface area contributed by atoms with Crippen molar-refractivity contribution in [3.8, 4) is 6.07 Å². The molecule has 2 rings (SSSR count). The zero-order chi connectivity index (χ0) is 11.5. The van der Waals surface area contributed by atoms with E-state index in [2.05, 4.69) is 21.4 Å². The average molecular weight is 257 g/mol. The summed E-state index contributed by atoms with van der Waals surface area (Å²) in [6.45, 7) is 0. The third-order valence-electron chi connectivity index (χ3n) is 2.72. The van der Waals surface area contributed by atoms with Crippen LogP contribution in [-0.4, -0.2) is 16.0 Å². The first-order valence-corrected chi connectivity index (χ1v) is 5.80. The largest absolute Gasteiger partial charge is 0.365 e. The number of rotatable bonds is 2. The van der Waals surface area contributed by atoms with Gasteiger partial charge in [0.1, 0.15) is 10.8 Å². The molecule has 16 heavy (non-hydrogen) atoms. The van der Waals surface area contributed by atoms with E-state index in [4.69, 9.17) is 28.5 Å². The Morgan fingerprint density at radius 1 is 1.44 bits per heavy atom. The van der Waals surface area contributed by atoms with E-state index < -0.39 is 0 Å². The molecule has 0 spiro atoms. The average Bonchev–Trinajstić information content (AvgIpc) is 2.71. The van der Waals surface area contributed by atoms with Crippen LogP contribution in [0.2, 0.25) is 10.3 Å². The summed E-state index contributed by atoms with van der Waals surface area (Å²) < 4.78 is 0. The molecule has 0 amide bonds. The van der Waals surface area contributed by atoms with Gasteiger partial charge in [0.2, 0.25) is 5.28 Å². The van der Waals surface area contributed by atoms with Crippen molar-refractivity contribution in [3.05, 3.63) is 16.5 Å². The minimum atomic E-state index is 0.0183. The maximum atomic E-state index is 8.96. The van der Waals surface area contributed by atoms with E-state index in [1.54, 1.807) is 0 Å². The molecule has 1 aliphatic carbocycles. The quantitative estimate of drug-likeness (QED) is 0.827. The Labute approximate surface area is 104 Å². The molecule has 1 N–H and O–H groups in total. The lowest BCUT2D eigenvalue weighted by atomic mass is 10.1. The summed E-state index contributed by atoms with van der Waals surface area (Å²) in [4.78, 5) is 7.78. The van der Waals surface area contributed by atoms with Gasteiger partial charge < -0.3 is 5.32 Å².